The summed E-state index contributed by atoms with van der Waals surface area (Å²) in [6, 6.07) is 8.46. The summed E-state index contributed by atoms with van der Waals surface area (Å²) >= 11 is 0. The molecule has 26 heavy (non-hydrogen) atoms. The molecule has 0 unspecified atom stereocenters. The number of aromatic nitrogens is 2. The highest BCUT2D eigenvalue weighted by Crippen LogP contribution is 2.30. The van der Waals surface area contributed by atoms with E-state index in [-0.39, 0.29) is 11.6 Å². The van der Waals surface area contributed by atoms with Crippen LogP contribution in [0, 0.1) is 13.8 Å². The summed E-state index contributed by atoms with van der Waals surface area (Å²) in [6.07, 6.45) is 2.33. The maximum Gasteiger partial charge on any atom is 0.276 e. The van der Waals surface area contributed by atoms with Crippen LogP contribution in [-0.2, 0) is 16.6 Å². The van der Waals surface area contributed by atoms with Crippen LogP contribution >= 0.6 is 0 Å². The van der Waals surface area contributed by atoms with Crippen LogP contribution in [0.1, 0.15) is 30.3 Å². The topological polar surface area (TPSA) is 89.4 Å². The van der Waals surface area contributed by atoms with Gasteiger partial charge in [-0.15, -0.1) is 0 Å². The molecule has 3 aromatic heterocycles. The third kappa shape index (κ3) is 3.56. The summed E-state index contributed by atoms with van der Waals surface area (Å²) < 4.78 is 38.3. The summed E-state index contributed by atoms with van der Waals surface area (Å²) in [5, 5.41) is 3.76. The van der Waals surface area contributed by atoms with Gasteiger partial charge in [-0.1, -0.05) is 18.1 Å². The average molecular weight is 375 g/mol. The molecule has 3 aromatic rings. The van der Waals surface area contributed by atoms with Crippen LogP contribution in [0.3, 0.4) is 0 Å². The fourth-order valence-electron chi connectivity index (χ4n) is 2.56. The molecule has 0 spiro atoms. The standard InChI is InChI=1S/C18H21N3O4S/c1-4-11-21(12-15-7-5-6-10-19-15)26(22,23)17-9-8-16(24-17)18-13(2)14(3)20-25-18/h5-10H,4,11-12H2,1-3H3. The lowest BCUT2D eigenvalue weighted by Gasteiger charge is -2.19. The van der Waals surface area contributed by atoms with Crippen LogP contribution in [0.5, 0.6) is 0 Å². The van der Waals surface area contributed by atoms with Gasteiger partial charge in [0.15, 0.2) is 5.76 Å². The van der Waals surface area contributed by atoms with Crippen LogP contribution < -0.4 is 0 Å². The van der Waals surface area contributed by atoms with Gasteiger partial charge in [0.25, 0.3) is 10.0 Å². The number of hydrogen-bond donors (Lipinski definition) is 0. The zero-order valence-electron chi connectivity index (χ0n) is 15.0. The van der Waals surface area contributed by atoms with Crippen LogP contribution in [0.25, 0.3) is 11.5 Å². The summed E-state index contributed by atoms with van der Waals surface area (Å²) in [6.45, 7) is 6.15. The van der Waals surface area contributed by atoms with Gasteiger partial charge in [0.1, 0.15) is 0 Å². The summed E-state index contributed by atoms with van der Waals surface area (Å²) in [7, 11) is -3.79. The first-order chi connectivity index (χ1) is 12.4. The van der Waals surface area contributed by atoms with Gasteiger partial charge in [-0.25, -0.2) is 8.42 Å². The normalized spacial score (nSPS) is 12.0. The van der Waals surface area contributed by atoms with E-state index in [4.69, 9.17) is 8.94 Å². The van der Waals surface area contributed by atoms with Crippen LogP contribution in [0.15, 0.2) is 50.6 Å². The van der Waals surface area contributed by atoms with Gasteiger partial charge in [-0.2, -0.15) is 4.31 Å². The minimum atomic E-state index is -3.79. The summed E-state index contributed by atoms with van der Waals surface area (Å²) in [5.41, 5.74) is 2.24. The van der Waals surface area contributed by atoms with Crippen molar-refractivity contribution in [3.05, 3.63) is 53.5 Å². The molecule has 0 atom stereocenters. The minimum absolute atomic E-state index is 0.120. The molecule has 0 bridgehead atoms. The molecular formula is C18H21N3O4S. The summed E-state index contributed by atoms with van der Waals surface area (Å²) in [5.74, 6) is 0.784. The highest BCUT2D eigenvalue weighted by atomic mass is 32.2. The van der Waals surface area contributed by atoms with E-state index < -0.39 is 10.0 Å². The van der Waals surface area contributed by atoms with Crippen molar-refractivity contribution in [1.82, 2.24) is 14.4 Å². The lowest BCUT2D eigenvalue weighted by atomic mass is 10.2. The molecule has 0 fully saturated rings. The Labute approximate surface area is 152 Å². The predicted octanol–water partition coefficient (Wildman–Crippen LogP) is 3.55. The molecule has 8 heteroatoms. The second kappa shape index (κ2) is 7.43. The molecule has 0 saturated carbocycles. The SMILES string of the molecule is CCCN(Cc1ccccn1)S(=O)(=O)c1ccc(-c2onc(C)c2C)o1. The monoisotopic (exact) mass is 375 g/mol. The minimum Gasteiger partial charge on any atom is -0.440 e. The van der Waals surface area contributed by atoms with Gasteiger partial charge in [-0.3, -0.25) is 4.98 Å². The lowest BCUT2D eigenvalue weighted by molar-refractivity contribution is 0.366. The number of rotatable bonds is 7. The Bertz CT molecular complexity index is 977. The number of aryl methyl sites for hydroxylation is 1. The molecule has 3 heterocycles. The molecule has 0 aliphatic carbocycles. The van der Waals surface area contributed by atoms with E-state index in [1.54, 1.807) is 24.4 Å². The molecular weight excluding hydrogens is 354 g/mol. The molecule has 3 rings (SSSR count). The number of sulfonamides is 1. The van der Waals surface area contributed by atoms with E-state index in [9.17, 15) is 8.42 Å². The Kier molecular flexibility index (Phi) is 5.24. The first-order valence-electron chi connectivity index (χ1n) is 8.36. The Morgan fingerprint density at radius 2 is 1.96 bits per heavy atom. The maximum atomic E-state index is 13.0. The smallest absolute Gasteiger partial charge is 0.276 e. The van der Waals surface area contributed by atoms with E-state index in [1.807, 2.05) is 26.8 Å². The van der Waals surface area contributed by atoms with E-state index >= 15 is 0 Å². The second-order valence-corrected chi connectivity index (χ2v) is 7.87. The average Bonchev–Trinajstić information content (AvgIpc) is 3.24. The highest BCUT2D eigenvalue weighted by molar-refractivity contribution is 7.89. The first kappa shape index (κ1) is 18.3. The van der Waals surface area contributed by atoms with Crippen molar-refractivity contribution in [2.24, 2.45) is 0 Å². The molecule has 0 N–H and O–H groups in total. The van der Waals surface area contributed by atoms with Gasteiger partial charge in [-0.05, 0) is 44.5 Å². The van der Waals surface area contributed by atoms with Crippen LogP contribution in [0.2, 0.25) is 0 Å². The van der Waals surface area contributed by atoms with Crippen molar-refractivity contribution in [3.63, 3.8) is 0 Å². The molecule has 0 radical (unpaired) electrons. The Hall–Kier alpha value is -2.45. The molecule has 0 amide bonds. The third-order valence-corrected chi connectivity index (χ3v) is 5.81. The van der Waals surface area contributed by atoms with Gasteiger partial charge in [0, 0.05) is 18.3 Å². The third-order valence-electron chi connectivity index (χ3n) is 4.09. The predicted molar refractivity (Wildman–Crippen MR) is 95.8 cm³/mol. The molecule has 0 aliphatic rings. The Morgan fingerprint density at radius 3 is 2.58 bits per heavy atom. The molecule has 0 aliphatic heterocycles. The van der Waals surface area contributed by atoms with Gasteiger partial charge in [0.05, 0.1) is 17.9 Å². The molecule has 0 aromatic carbocycles. The van der Waals surface area contributed by atoms with E-state index in [0.29, 0.717) is 30.2 Å². The van der Waals surface area contributed by atoms with E-state index in [1.165, 1.54) is 10.4 Å². The largest absolute Gasteiger partial charge is 0.440 e. The van der Waals surface area contributed by atoms with E-state index in [2.05, 4.69) is 10.1 Å². The highest BCUT2D eigenvalue weighted by Gasteiger charge is 2.29. The van der Waals surface area contributed by atoms with Crippen molar-refractivity contribution < 1.29 is 17.4 Å². The van der Waals surface area contributed by atoms with Gasteiger partial charge >= 0.3 is 0 Å². The van der Waals surface area contributed by atoms with Crippen molar-refractivity contribution >= 4 is 10.0 Å². The van der Waals surface area contributed by atoms with Crippen LogP contribution in [-0.4, -0.2) is 29.4 Å². The van der Waals surface area contributed by atoms with Crippen molar-refractivity contribution in [2.45, 2.75) is 38.8 Å². The zero-order valence-corrected chi connectivity index (χ0v) is 15.8. The summed E-state index contributed by atoms with van der Waals surface area (Å²) in [4.78, 5) is 4.22. The van der Waals surface area contributed by atoms with Crippen molar-refractivity contribution in [2.75, 3.05) is 6.54 Å². The lowest BCUT2D eigenvalue weighted by Crippen LogP contribution is -2.31. The number of hydrogen-bond acceptors (Lipinski definition) is 6. The fraction of sp³-hybridized carbons (Fsp3) is 0.333. The fourth-order valence-corrected chi connectivity index (χ4v) is 3.97. The van der Waals surface area contributed by atoms with Crippen LogP contribution in [0.4, 0.5) is 0 Å². The molecule has 7 nitrogen and oxygen atoms in total. The molecule has 0 saturated heterocycles. The maximum absolute atomic E-state index is 13.0. The van der Waals surface area contributed by atoms with Gasteiger partial charge in [0.2, 0.25) is 10.9 Å². The number of nitrogens with zero attached hydrogens (tertiary/aromatic N) is 3. The quantitative estimate of drug-likeness (QED) is 0.627. The number of pyridine rings is 1. The Balaban J connectivity index is 1.91. The van der Waals surface area contributed by atoms with Crippen molar-refractivity contribution in [3.8, 4) is 11.5 Å². The first-order valence-corrected chi connectivity index (χ1v) is 9.80. The number of furan rings is 1. The molecule has 138 valence electrons. The second-order valence-electron chi connectivity index (χ2n) is 6.00. The zero-order chi connectivity index (χ0) is 18.7. The van der Waals surface area contributed by atoms with E-state index in [0.717, 1.165) is 11.3 Å². The van der Waals surface area contributed by atoms with Crippen molar-refractivity contribution in [1.29, 1.82) is 0 Å². The Morgan fingerprint density at radius 1 is 1.15 bits per heavy atom. The van der Waals surface area contributed by atoms with Gasteiger partial charge < -0.3 is 8.94 Å².